The van der Waals surface area contributed by atoms with Crippen LogP contribution in [0.15, 0.2) is 24.3 Å². The summed E-state index contributed by atoms with van der Waals surface area (Å²) in [4.78, 5) is 0. The van der Waals surface area contributed by atoms with Gasteiger partial charge in [0.2, 0.25) is 5.90 Å². The van der Waals surface area contributed by atoms with Gasteiger partial charge in [0.25, 0.3) is 0 Å². The lowest BCUT2D eigenvalue weighted by Gasteiger charge is -2.08. The molecular formula is C12H17NO2. The zero-order chi connectivity index (χ0) is 11.1. The van der Waals surface area contributed by atoms with Crippen LogP contribution in [0.2, 0.25) is 0 Å². The summed E-state index contributed by atoms with van der Waals surface area (Å²) in [6, 6.07) is 7.43. The molecule has 0 unspecified atom stereocenters. The van der Waals surface area contributed by atoms with Crippen molar-refractivity contribution in [1.82, 2.24) is 0 Å². The van der Waals surface area contributed by atoms with E-state index in [0.29, 0.717) is 13.2 Å². The summed E-state index contributed by atoms with van der Waals surface area (Å²) in [5.41, 5.74) is 0.755. The van der Waals surface area contributed by atoms with E-state index < -0.39 is 0 Å². The van der Waals surface area contributed by atoms with Gasteiger partial charge in [-0.1, -0.05) is 13.0 Å². The molecule has 1 aromatic rings. The Bertz CT molecular complexity index is 323. The van der Waals surface area contributed by atoms with E-state index in [1.807, 2.05) is 31.2 Å². The van der Waals surface area contributed by atoms with Crippen molar-refractivity contribution in [2.75, 3.05) is 13.2 Å². The lowest BCUT2D eigenvalue weighted by atomic mass is 10.2. The topological polar surface area (TPSA) is 42.3 Å². The van der Waals surface area contributed by atoms with Crippen molar-refractivity contribution < 1.29 is 9.47 Å². The molecule has 0 aliphatic rings. The van der Waals surface area contributed by atoms with E-state index in [1.54, 1.807) is 0 Å². The molecule has 3 nitrogen and oxygen atoms in total. The molecule has 0 radical (unpaired) electrons. The first kappa shape index (κ1) is 11.6. The summed E-state index contributed by atoms with van der Waals surface area (Å²) in [5.74, 6) is 0.984. The molecule has 0 amide bonds. The molecule has 0 bridgehead atoms. The molecule has 0 saturated heterocycles. The molecule has 0 aliphatic carbocycles. The van der Waals surface area contributed by atoms with Crippen molar-refractivity contribution in [2.24, 2.45) is 0 Å². The fourth-order valence-electron chi connectivity index (χ4n) is 1.17. The SMILES string of the molecule is CCCOc1cccc(C(=N)OCC)c1. The molecule has 0 saturated carbocycles. The average molecular weight is 207 g/mol. The Morgan fingerprint density at radius 2 is 2.13 bits per heavy atom. The van der Waals surface area contributed by atoms with Gasteiger partial charge in [0.05, 0.1) is 13.2 Å². The van der Waals surface area contributed by atoms with Crippen molar-refractivity contribution in [3.8, 4) is 5.75 Å². The smallest absolute Gasteiger partial charge is 0.213 e. The zero-order valence-corrected chi connectivity index (χ0v) is 9.25. The molecule has 0 aromatic heterocycles. The minimum atomic E-state index is 0.194. The van der Waals surface area contributed by atoms with Gasteiger partial charge in [-0.15, -0.1) is 0 Å². The number of hydrogen-bond donors (Lipinski definition) is 1. The molecule has 0 fully saturated rings. The van der Waals surface area contributed by atoms with Crippen LogP contribution >= 0.6 is 0 Å². The van der Waals surface area contributed by atoms with Crippen LogP contribution in [0.5, 0.6) is 5.75 Å². The highest BCUT2D eigenvalue weighted by Crippen LogP contribution is 2.14. The second-order valence-corrected chi connectivity index (χ2v) is 3.14. The number of hydrogen-bond acceptors (Lipinski definition) is 3. The van der Waals surface area contributed by atoms with E-state index in [2.05, 4.69) is 6.92 Å². The average Bonchev–Trinajstić information content (AvgIpc) is 2.27. The summed E-state index contributed by atoms with van der Waals surface area (Å²) in [6.07, 6.45) is 0.979. The van der Waals surface area contributed by atoms with Crippen LogP contribution in [0.4, 0.5) is 0 Å². The summed E-state index contributed by atoms with van der Waals surface area (Å²) >= 11 is 0. The van der Waals surface area contributed by atoms with Crippen LogP contribution in [-0.2, 0) is 4.74 Å². The number of rotatable bonds is 5. The van der Waals surface area contributed by atoms with Crippen LogP contribution in [0.3, 0.4) is 0 Å². The molecule has 0 atom stereocenters. The molecule has 82 valence electrons. The molecule has 0 heterocycles. The normalized spacial score (nSPS) is 9.73. The fourth-order valence-corrected chi connectivity index (χ4v) is 1.17. The zero-order valence-electron chi connectivity index (χ0n) is 9.25. The van der Waals surface area contributed by atoms with Crippen molar-refractivity contribution >= 4 is 5.90 Å². The standard InChI is InChI=1S/C12H17NO2/c1-3-8-15-11-7-5-6-10(9-11)12(13)14-4-2/h5-7,9,13H,3-4,8H2,1-2H3. The second kappa shape index (κ2) is 6.06. The van der Waals surface area contributed by atoms with Crippen molar-refractivity contribution in [2.45, 2.75) is 20.3 Å². The lowest BCUT2D eigenvalue weighted by Crippen LogP contribution is -2.05. The Labute approximate surface area is 90.5 Å². The lowest BCUT2D eigenvalue weighted by molar-refractivity contribution is 0.315. The third-order valence-electron chi connectivity index (χ3n) is 1.86. The summed E-state index contributed by atoms with van der Waals surface area (Å²) in [6.45, 7) is 5.14. The maximum Gasteiger partial charge on any atom is 0.213 e. The minimum absolute atomic E-state index is 0.194. The van der Waals surface area contributed by atoms with Crippen LogP contribution in [0.1, 0.15) is 25.8 Å². The third-order valence-corrected chi connectivity index (χ3v) is 1.86. The Balaban J connectivity index is 2.69. The molecule has 3 heteroatoms. The highest BCUT2D eigenvalue weighted by atomic mass is 16.5. The van der Waals surface area contributed by atoms with E-state index in [-0.39, 0.29) is 5.90 Å². The van der Waals surface area contributed by atoms with Gasteiger partial charge in [0, 0.05) is 5.56 Å². The summed E-state index contributed by atoms with van der Waals surface area (Å²) < 4.78 is 10.6. The maximum atomic E-state index is 7.63. The molecule has 15 heavy (non-hydrogen) atoms. The van der Waals surface area contributed by atoms with Gasteiger partial charge in [0.1, 0.15) is 5.75 Å². The molecule has 1 aromatic carbocycles. The second-order valence-electron chi connectivity index (χ2n) is 3.14. The highest BCUT2D eigenvalue weighted by molar-refractivity contribution is 5.91. The predicted octanol–water partition coefficient (Wildman–Crippen LogP) is 2.84. The Kier molecular flexibility index (Phi) is 4.68. The first-order chi connectivity index (χ1) is 7.27. The largest absolute Gasteiger partial charge is 0.494 e. The molecule has 0 aliphatic heterocycles. The van der Waals surface area contributed by atoms with E-state index in [1.165, 1.54) is 0 Å². The molecule has 1 rings (SSSR count). The van der Waals surface area contributed by atoms with Crippen LogP contribution in [-0.4, -0.2) is 19.1 Å². The Morgan fingerprint density at radius 1 is 1.33 bits per heavy atom. The fraction of sp³-hybridized carbons (Fsp3) is 0.417. The number of nitrogens with one attached hydrogen (secondary N) is 1. The highest BCUT2D eigenvalue weighted by Gasteiger charge is 2.02. The Hall–Kier alpha value is -1.51. The first-order valence-electron chi connectivity index (χ1n) is 5.22. The monoisotopic (exact) mass is 207 g/mol. The van der Waals surface area contributed by atoms with Gasteiger partial charge in [-0.05, 0) is 31.5 Å². The van der Waals surface area contributed by atoms with Crippen LogP contribution < -0.4 is 4.74 Å². The van der Waals surface area contributed by atoms with Crippen LogP contribution in [0.25, 0.3) is 0 Å². The van der Waals surface area contributed by atoms with Crippen molar-refractivity contribution in [3.63, 3.8) is 0 Å². The van der Waals surface area contributed by atoms with Crippen molar-refractivity contribution in [1.29, 1.82) is 5.41 Å². The van der Waals surface area contributed by atoms with Gasteiger partial charge in [-0.3, -0.25) is 5.41 Å². The molecular weight excluding hydrogens is 190 g/mol. The summed E-state index contributed by atoms with van der Waals surface area (Å²) in [7, 11) is 0. The predicted molar refractivity (Wildman–Crippen MR) is 60.7 cm³/mol. The van der Waals surface area contributed by atoms with E-state index in [4.69, 9.17) is 14.9 Å². The van der Waals surface area contributed by atoms with Crippen molar-refractivity contribution in [3.05, 3.63) is 29.8 Å². The van der Waals surface area contributed by atoms with Gasteiger partial charge in [0.15, 0.2) is 0 Å². The number of benzene rings is 1. The number of ether oxygens (including phenoxy) is 2. The Morgan fingerprint density at radius 3 is 2.80 bits per heavy atom. The molecule has 1 N–H and O–H groups in total. The third kappa shape index (κ3) is 3.62. The van der Waals surface area contributed by atoms with Gasteiger partial charge < -0.3 is 9.47 Å². The maximum absolute atomic E-state index is 7.63. The summed E-state index contributed by atoms with van der Waals surface area (Å²) in [5, 5.41) is 7.63. The quantitative estimate of drug-likeness (QED) is 0.596. The van der Waals surface area contributed by atoms with Gasteiger partial charge in [-0.2, -0.15) is 0 Å². The van der Waals surface area contributed by atoms with Gasteiger partial charge >= 0.3 is 0 Å². The van der Waals surface area contributed by atoms with E-state index in [9.17, 15) is 0 Å². The van der Waals surface area contributed by atoms with Crippen LogP contribution in [0, 0.1) is 5.41 Å². The first-order valence-corrected chi connectivity index (χ1v) is 5.22. The van der Waals surface area contributed by atoms with E-state index in [0.717, 1.165) is 17.7 Å². The minimum Gasteiger partial charge on any atom is -0.494 e. The van der Waals surface area contributed by atoms with Gasteiger partial charge in [-0.25, -0.2) is 0 Å². The van der Waals surface area contributed by atoms with E-state index >= 15 is 0 Å². The molecule has 0 spiro atoms.